The Bertz CT molecular complexity index is 2320. The predicted octanol–water partition coefficient (Wildman–Crippen LogP) is 11.4. The summed E-state index contributed by atoms with van der Waals surface area (Å²) >= 11 is 8.97. The molecule has 2 aromatic heterocycles. The first-order chi connectivity index (χ1) is 30.8. The topological polar surface area (TPSA) is 152 Å². The van der Waals surface area contributed by atoms with Crippen molar-refractivity contribution in [3.63, 3.8) is 0 Å². The average molecular weight is 972 g/mol. The van der Waals surface area contributed by atoms with E-state index in [4.69, 9.17) is 26.1 Å². The molecule has 64 heavy (non-hydrogen) atoms. The van der Waals surface area contributed by atoms with Crippen molar-refractivity contribution < 1.29 is 19.3 Å². The normalized spacial score (nSPS) is 13.8. The van der Waals surface area contributed by atoms with E-state index in [9.17, 15) is 20.2 Å². The molecule has 19 heteroatoms. The lowest BCUT2D eigenvalue weighted by Crippen LogP contribution is -2.31. The van der Waals surface area contributed by atoms with Gasteiger partial charge in [-0.15, -0.1) is 34.3 Å². The number of hydrogen-bond donors (Lipinski definition) is 1. The fourth-order valence-corrected chi connectivity index (χ4v) is 8.98. The van der Waals surface area contributed by atoms with E-state index in [0.29, 0.717) is 35.3 Å². The number of nitro groups is 2. The summed E-state index contributed by atoms with van der Waals surface area (Å²) in [5, 5.41) is 32.1. The van der Waals surface area contributed by atoms with Crippen LogP contribution in [0.4, 0.5) is 22.7 Å². The molecule has 0 saturated carbocycles. The van der Waals surface area contributed by atoms with E-state index in [1.165, 1.54) is 6.07 Å². The van der Waals surface area contributed by atoms with Crippen LogP contribution >= 0.6 is 56.0 Å². The average Bonchev–Trinajstić information content (AvgIpc) is 3.85. The molecule has 14 nitrogen and oxygen atoms in total. The Kier molecular flexibility index (Phi) is 22.0. The molecule has 2 aliphatic heterocycles. The number of nitro benzene ring substituents is 2. The van der Waals surface area contributed by atoms with Crippen LogP contribution < -0.4 is 24.6 Å². The first-order valence-electron chi connectivity index (χ1n) is 20.0. The van der Waals surface area contributed by atoms with Gasteiger partial charge < -0.3 is 24.6 Å². The number of nitrogens with one attached hydrogen (secondary N) is 1. The number of rotatable bonds is 11. The molecule has 0 aliphatic carbocycles. The molecule has 0 spiro atoms. The summed E-state index contributed by atoms with van der Waals surface area (Å²) in [4.78, 5) is 37.6. The van der Waals surface area contributed by atoms with Crippen LogP contribution in [0.15, 0.2) is 108 Å². The lowest BCUT2D eigenvalue weighted by atomic mass is 10.2. The maximum absolute atomic E-state index is 11.5. The van der Waals surface area contributed by atoms with Crippen molar-refractivity contribution in [3.05, 3.63) is 139 Å². The Morgan fingerprint density at radius 1 is 0.641 bits per heavy atom. The number of methoxy groups -OCH3 is 2. The van der Waals surface area contributed by atoms with Crippen molar-refractivity contribution in [1.82, 2.24) is 20.2 Å². The molecule has 8 rings (SSSR count). The largest absolute Gasteiger partial charge is 0.494 e. The van der Waals surface area contributed by atoms with Gasteiger partial charge in [-0.2, -0.15) is 0 Å². The first kappa shape index (κ1) is 51.6. The zero-order valence-corrected chi connectivity index (χ0v) is 38.8. The monoisotopic (exact) mass is 970 g/mol. The number of ether oxygens (including phenoxy) is 2. The molecule has 4 heterocycles. The SMILES string of the molecule is C.COc1cccc([N+](=O)[O-])c1N1CCCN(Cc2csc(-c3ccccc3)n2)CC1.COc1cccc([N+](=O)[O-])c1N1CCCNCC1.ClCc1csc(-c2ccccc2)n1.ClCl. The predicted molar refractivity (Wildman–Crippen MR) is 264 cm³/mol. The minimum Gasteiger partial charge on any atom is -0.494 e. The molecule has 1 N–H and O–H groups in total. The summed E-state index contributed by atoms with van der Waals surface area (Å²) in [6.45, 7) is 7.31. The molecule has 0 atom stereocenters. The number of alkyl halides is 1. The second-order valence-electron chi connectivity index (χ2n) is 14.0. The molecule has 342 valence electrons. The van der Waals surface area contributed by atoms with E-state index in [2.05, 4.69) is 71.5 Å². The summed E-state index contributed by atoms with van der Waals surface area (Å²) in [5.41, 5.74) is 5.68. The van der Waals surface area contributed by atoms with Gasteiger partial charge in [0.15, 0.2) is 11.4 Å². The van der Waals surface area contributed by atoms with Crippen LogP contribution in [0.5, 0.6) is 11.5 Å². The van der Waals surface area contributed by atoms with E-state index in [1.807, 2.05) is 46.7 Å². The zero-order valence-electron chi connectivity index (χ0n) is 34.9. The van der Waals surface area contributed by atoms with E-state index < -0.39 is 0 Å². The van der Waals surface area contributed by atoms with Crippen molar-refractivity contribution in [2.75, 3.05) is 76.4 Å². The summed E-state index contributed by atoms with van der Waals surface area (Å²) < 4.78 is 10.7. The number of thiazole rings is 2. The lowest BCUT2D eigenvalue weighted by molar-refractivity contribution is -0.384. The Morgan fingerprint density at radius 2 is 1.14 bits per heavy atom. The van der Waals surface area contributed by atoms with Crippen molar-refractivity contribution >= 4 is 78.7 Å². The Hall–Kier alpha value is -5.07. The Morgan fingerprint density at radius 3 is 1.64 bits per heavy atom. The van der Waals surface area contributed by atoms with Gasteiger partial charge >= 0.3 is 0 Å². The molecule has 6 aromatic rings. The molecule has 0 bridgehead atoms. The van der Waals surface area contributed by atoms with Crippen LogP contribution in [0.3, 0.4) is 0 Å². The van der Waals surface area contributed by atoms with Gasteiger partial charge in [0.25, 0.3) is 11.4 Å². The molecule has 4 aromatic carbocycles. The standard InChI is InChI=1S/C22H24N4O3S.C12H17N3O3.C10H8ClNS.CH4.Cl2/c1-29-20-10-5-9-19(26(27)28)21(20)25-12-6-11-24(13-14-25)15-18-16-30-22(23-18)17-7-3-2-4-8-17;1-18-11-5-2-4-10(15(16)17)12(11)14-8-3-6-13-7-9-14;11-6-9-7-13-10(12-9)8-4-2-1-3-5-8;;1-2/h2-5,7-10,16H,6,11-15H2,1H3;2,4-5,13H,3,6-9H2,1H3;1-5,7H,6H2;1H4;. The van der Waals surface area contributed by atoms with Gasteiger partial charge in [-0.1, -0.05) is 80.2 Å². The summed E-state index contributed by atoms with van der Waals surface area (Å²) in [6.07, 6.45) is 1.89. The highest BCUT2D eigenvalue weighted by Crippen LogP contribution is 2.39. The molecule has 0 radical (unpaired) electrons. The van der Waals surface area contributed by atoms with Crippen molar-refractivity contribution in [2.24, 2.45) is 0 Å². The molecule has 2 saturated heterocycles. The van der Waals surface area contributed by atoms with E-state index in [-0.39, 0.29) is 28.6 Å². The number of para-hydroxylation sites is 2. The zero-order chi connectivity index (χ0) is 45.0. The Balaban J connectivity index is 0.000000224. The van der Waals surface area contributed by atoms with Gasteiger partial charge in [-0.3, -0.25) is 25.1 Å². The fourth-order valence-electron chi connectivity index (χ4n) is 7.11. The van der Waals surface area contributed by atoms with Crippen molar-refractivity contribution in [2.45, 2.75) is 32.7 Å². The quantitative estimate of drug-likeness (QED) is 0.0747. The number of hydrogen-bond acceptors (Lipinski definition) is 14. The van der Waals surface area contributed by atoms with Gasteiger partial charge in [0.2, 0.25) is 0 Å². The van der Waals surface area contributed by atoms with Crippen LogP contribution in [0.25, 0.3) is 21.1 Å². The summed E-state index contributed by atoms with van der Waals surface area (Å²) in [5.74, 6) is 1.60. The third-order valence-corrected chi connectivity index (χ3v) is 12.2. The van der Waals surface area contributed by atoms with E-state index >= 15 is 0 Å². The minimum absolute atomic E-state index is 0. The third kappa shape index (κ3) is 14.5. The highest BCUT2D eigenvalue weighted by molar-refractivity contribution is 7.13. The highest BCUT2D eigenvalue weighted by Gasteiger charge is 2.27. The summed E-state index contributed by atoms with van der Waals surface area (Å²) in [7, 11) is 11.3. The van der Waals surface area contributed by atoms with Gasteiger partial charge in [0.1, 0.15) is 21.5 Å². The maximum Gasteiger partial charge on any atom is 0.296 e. The Labute approximate surface area is 397 Å². The van der Waals surface area contributed by atoms with Crippen LogP contribution in [-0.2, 0) is 12.4 Å². The molecular weight excluding hydrogens is 919 g/mol. The third-order valence-electron chi connectivity index (χ3n) is 10.0. The number of benzene rings is 4. The smallest absolute Gasteiger partial charge is 0.296 e. The maximum atomic E-state index is 11.5. The van der Waals surface area contributed by atoms with E-state index in [0.717, 1.165) is 97.7 Å². The van der Waals surface area contributed by atoms with Crippen molar-refractivity contribution in [1.29, 1.82) is 0 Å². The lowest BCUT2D eigenvalue weighted by Gasteiger charge is -2.24. The summed E-state index contributed by atoms with van der Waals surface area (Å²) in [6, 6.07) is 30.3. The molecular formula is C45H53Cl3N8O6S2. The van der Waals surface area contributed by atoms with Gasteiger partial charge in [-0.25, -0.2) is 9.97 Å². The van der Waals surface area contributed by atoms with Crippen LogP contribution in [0, 0.1) is 20.2 Å². The number of halogens is 3. The fraction of sp³-hybridized carbons (Fsp3) is 0.333. The van der Waals surface area contributed by atoms with Gasteiger partial charge in [0, 0.05) is 108 Å². The number of aromatic nitrogens is 2. The molecule has 0 amide bonds. The van der Waals surface area contributed by atoms with E-state index in [1.54, 1.807) is 67.2 Å². The second-order valence-corrected chi connectivity index (χ2v) is 16.0. The molecule has 0 unspecified atom stereocenters. The van der Waals surface area contributed by atoms with Crippen LogP contribution in [0.1, 0.15) is 31.7 Å². The first-order valence-corrected chi connectivity index (χ1v) is 23.5. The van der Waals surface area contributed by atoms with Gasteiger partial charge in [-0.05, 0) is 31.5 Å². The molecule has 2 fully saturated rings. The van der Waals surface area contributed by atoms with Crippen LogP contribution in [0.2, 0.25) is 0 Å². The van der Waals surface area contributed by atoms with Crippen LogP contribution in [-0.4, -0.2) is 91.3 Å². The number of anilines is 2. The highest BCUT2D eigenvalue weighted by atomic mass is 36.5. The minimum atomic E-state index is -0.351. The van der Waals surface area contributed by atoms with Crippen molar-refractivity contribution in [3.8, 4) is 32.6 Å². The second kappa shape index (κ2) is 27.3. The number of nitrogens with zero attached hydrogens (tertiary/aromatic N) is 7. The van der Waals surface area contributed by atoms with Gasteiger partial charge in [0.05, 0.1) is 41.3 Å². The molecule has 2 aliphatic rings.